The average molecular weight is 384 g/mol. The van der Waals surface area contributed by atoms with Crippen molar-refractivity contribution >= 4 is 17.0 Å². The van der Waals surface area contributed by atoms with Crippen LogP contribution in [0.1, 0.15) is 59.8 Å². The fraction of sp³-hybridized carbons (Fsp3) is 0.750. The van der Waals surface area contributed by atoms with Crippen molar-refractivity contribution in [1.29, 1.82) is 0 Å². The molecule has 0 bridgehead atoms. The third-order valence-electron chi connectivity index (χ3n) is 5.04. The molecule has 1 aliphatic heterocycles. The number of fused-ring (bicyclic) bond motifs is 1. The van der Waals surface area contributed by atoms with Gasteiger partial charge in [-0.15, -0.1) is 0 Å². The number of ether oxygens (including phenoxy) is 1. The number of cyclic esters (lactones) is 1. The van der Waals surface area contributed by atoms with Crippen LogP contribution in [0.3, 0.4) is 0 Å². The average Bonchev–Trinajstić information content (AvgIpc) is 2.93. The van der Waals surface area contributed by atoms with Crippen molar-refractivity contribution < 1.29 is 18.8 Å². The molecule has 1 saturated carbocycles. The molecule has 0 aromatic rings. The Bertz CT molecular complexity index is 567. The molecule has 1 heterocycles. The summed E-state index contributed by atoms with van der Waals surface area (Å²) in [5, 5.41) is 10.6. The van der Waals surface area contributed by atoms with E-state index in [4.69, 9.17) is 4.74 Å². The number of carbonyl (C=O) groups is 1. The van der Waals surface area contributed by atoms with Gasteiger partial charge in [-0.25, -0.2) is 13.7 Å². The normalized spacial score (nSPS) is 37.4. The van der Waals surface area contributed by atoms with Crippen LogP contribution in [0.25, 0.3) is 0 Å². The first-order valence-corrected chi connectivity index (χ1v) is 10.7. The van der Waals surface area contributed by atoms with Gasteiger partial charge in [0.25, 0.3) is 0 Å². The van der Waals surface area contributed by atoms with Crippen LogP contribution in [0.5, 0.6) is 0 Å². The Morgan fingerprint density at radius 1 is 1.27 bits per heavy atom. The first kappa shape index (κ1) is 21.3. The lowest BCUT2D eigenvalue weighted by Gasteiger charge is -2.22. The molecule has 148 valence electrons. The minimum absolute atomic E-state index is 0.00273. The van der Waals surface area contributed by atoms with Gasteiger partial charge in [-0.3, -0.25) is 0 Å². The van der Waals surface area contributed by atoms with Gasteiger partial charge in [0, 0.05) is 12.1 Å². The Morgan fingerprint density at radius 3 is 2.69 bits per heavy atom. The maximum atomic E-state index is 12.4. The second kappa shape index (κ2) is 9.29. The lowest BCUT2D eigenvalue weighted by molar-refractivity contribution is -0.142. The number of hydrogen-bond donors (Lipinski definition) is 2. The van der Waals surface area contributed by atoms with E-state index >= 15 is 0 Å². The number of aliphatic hydroxyl groups excluding tert-OH is 1. The van der Waals surface area contributed by atoms with Crippen LogP contribution in [-0.4, -0.2) is 38.3 Å². The summed E-state index contributed by atoms with van der Waals surface area (Å²) in [7, 11) is -1.13. The number of nitrogens with one attached hydrogen (secondary N) is 1. The second-order valence-corrected chi connectivity index (χ2v) is 10.4. The van der Waals surface area contributed by atoms with Crippen LogP contribution < -0.4 is 4.72 Å². The number of carbonyl (C=O) groups excluding carboxylic acids is 1. The van der Waals surface area contributed by atoms with Gasteiger partial charge >= 0.3 is 5.97 Å². The highest BCUT2D eigenvalue weighted by atomic mass is 32.2. The molecule has 0 radical (unpaired) electrons. The van der Waals surface area contributed by atoms with E-state index < -0.39 is 23.1 Å². The van der Waals surface area contributed by atoms with Crippen molar-refractivity contribution in [3.05, 3.63) is 24.3 Å². The molecular formula is C20H33NO4S. The zero-order valence-corrected chi connectivity index (χ0v) is 17.1. The number of rotatable bonds is 2. The highest BCUT2D eigenvalue weighted by Crippen LogP contribution is 2.37. The van der Waals surface area contributed by atoms with Gasteiger partial charge in [0.2, 0.25) is 0 Å². The summed E-state index contributed by atoms with van der Waals surface area (Å²) in [5.41, 5.74) is 0. The molecule has 5 nitrogen and oxygen atoms in total. The van der Waals surface area contributed by atoms with E-state index in [1.165, 1.54) is 6.08 Å². The summed E-state index contributed by atoms with van der Waals surface area (Å²) >= 11 is 0. The summed E-state index contributed by atoms with van der Waals surface area (Å²) < 4.78 is 20.6. The third kappa shape index (κ3) is 6.32. The molecule has 2 rings (SSSR count). The summed E-state index contributed by atoms with van der Waals surface area (Å²) in [6.07, 6.45) is 10.7. The number of hydrogen-bond acceptors (Lipinski definition) is 4. The van der Waals surface area contributed by atoms with Gasteiger partial charge < -0.3 is 9.84 Å². The first-order valence-electron chi connectivity index (χ1n) is 9.58. The Kier molecular flexibility index (Phi) is 7.62. The molecule has 0 unspecified atom stereocenters. The Balaban J connectivity index is 2.10. The Hall–Kier alpha value is -0.980. The van der Waals surface area contributed by atoms with Gasteiger partial charge in [-0.2, -0.15) is 0 Å². The van der Waals surface area contributed by atoms with Crippen molar-refractivity contribution in [3.8, 4) is 0 Å². The van der Waals surface area contributed by atoms with Crippen LogP contribution in [-0.2, 0) is 20.5 Å². The molecule has 2 N–H and O–H groups in total. The van der Waals surface area contributed by atoms with Crippen LogP contribution in [0.4, 0.5) is 0 Å². The molecule has 6 heteroatoms. The maximum absolute atomic E-state index is 12.4. The Morgan fingerprint density at radius 2 is 2.00 bits per heavy atom. The van der Waals surface area contributed by atoms with E-state index in [1.54, 1.807) is 6.08 Å². The predicted octanol–water partition coefficient (Wildman–Crippen LogP) is 3.02. The van der Waals surface area contributed by atoms with Crippen LogP contribution in [0.2, 0.25) is 0 Å². The van der Waals surface area contributed by atoms with E-state index in [0.717, 1.165) is 32.1 Å². The van der Waals surface area contributed by atoms with Crippen molar-refractivity contribution in [1.82, 2.24) is 4.72 Å². The number of esters is 1. The van der Waals surface area contributed by atoms with Gasteiger partial charge in [-0.1, -0.05) is 12.2 Å². The molecule has 1 aliphatic carbocycles. The quantitative estimate of drug-likeness (QED) is 0.568. The van der Waals surface area contributed by atoms with Crippen LogP contribution >= 0.6 is 0 Å². The predicted molar refractivity (Wildman–Crippen MR) is 105 cm³/mol. The lowest BCUT2D eigenvalue weighted by Crippen LogP contribution is -2.39. The van der Waals surface area contributed by atoms with Gasteiger partial charge in [0.1, 0.15) is 0 Å². The molecule has 26 heavy (non-hydrogen) atoms. The molecule has 0 saturated heterocycles. The van der Waals surface area contributed by atoms with Crippen molar-refractivity contribution in [3.63, 3.8) is 0 Å². The number of aliphatic hydroxyl groups is 1. The van der Waals surface area contributed by atoms with E-state index in [-0.39, 0.29) is 28.7 Å². The largest absolute Gasteiger partial charge is 0.460 e. The standard InChI is InChI=1S/C20H33NO4S/c1-14-8-6-5-7-9-15-12-16(21-26(24)20(2,3)4)13-17(15)18(22)10-11-19(23)25-14/h7,9-11,14-18,21-22H,5-6,8,12-13H2,1-4H3/b9-7+,11-10+/t14-,15+,16-,17+,18+,26-/m0/s1. The molecule has 0 amide bonds. The summed E-state index contributed by atoms with van der Waals surface area (Å²) in [6.45, 7) is 7.74. The smallest absolute Gasteiger partial charge is 0.330 e. The van der Waals surface area contributed by atoms with Crippen molar-refractivity contribution in [2.75, 3.05) is 0 Å². The fourth-order valence-corrected chi connectivity index (χ4v) is 4.40. The molecule has 2 aliphatic rings. The topological polar surface area (TPSA) is 75.6 Å². The Labute approximate surface area is 159 Å². The summed E-state index contributed by atoms with van der Waals surface area (Å²) in [5.74, 6) is -0.192. The van der Waals surface area contributed by atoms with Gasteiger partial charge in [-0.05, 0) is 77.7 Å². The number of allylic oxidation sites excluding steroid dienone is 2. The molecule has 0 aromatic heterocycles. The van der Waals surface area contributed by atoms with E-state index in [1.807, 2.05) is 27.7 Å². The zero-order valence-electron chi connectivity index (χ0n) is 16.3. The minimum atomic E-state index is -1.13. The van der Waals surface area contributed by atoms with Crippen LogP contribution in [0, 0.1) is 11.8 Å². The highest BCUT2D eigenvalue weighted by molar-refractivity contribution is 7.84. The van der Waals surface area contributed by atoms with E-state index in [2.05, 4.69) is 16.9 Å². The zero-order chi connectivity index (χ0) is 19.3. The third-order valence-corrected chi connectivity index (χ3v) is 6.70. The molecular weight excluding hydrogens is 350 g/mol. The first-order chi connectivity index (χ1) is 12.2. The molecule has 0 spiro atoms. The highest BCUT2D eigenvalue weighted by Gasteiger charge is 2.38. The van der Waals surface area contributed by atoms with E-state index in [9.17, 15) is 14.1 Å². The summed E-state index contributed by atoms with van der Waals surface area (Å²) in [6, 6.07) is 0.0950. The van der Waals surface area contributed by atoms with Gasteiger partial charge in [0.05, 0.1) is 27.9 Å². The molecule has 1 fully saturated rings. The molecule has 0 aromatic carbocycles. The monoisotopic (exact) mass is 383 g/mol. The van der Waals surface area contributed by atoms with Crippen molar-refractivity contribution in [2.24, 2.45) is 11.8 Å². The minimum Gasteiger partial charge on any atom is -0.460 e. The summed E-state index contributed by atoms with van der Waals surface area (Å²) in [4.78, 5) is 11.9. The lowest BCUT2D eigenvalue weighted by atomic mass is 9.90. The fourth-order valence-electron chi connectivity index (χ4n) is 3.55. The SMILES string of the molecule is C[C@H]1CCC/C=C/[C@@H]2C[C@H](N[S@@](=O)C(C)(C)C)C[C@H]2[C@H](O)/C=C/C(=O)O1. The van der Waals surface area contributed by atoms with Gasteiger partial charge in [0.15, 0.2) is 0 Å². The van der Waals surface area contributed by atoms with E-state index in [0.29, 0.717) is 0 Å². The van der Waals surface area contributed by atoms with Crippen molar-refractivity contribution in [2.45, 2.75) is 82.8 Å². The van der Waals surface area contributed by atoms with Crippen LogP contribution in [0.15, 0.2) is 24.3 Å². The second-order valence-electron chi connectivity index (χ2n) is 8.45. The molecule has 6 atom stereocenters. The maximum Gasteiger partial charge on any atom is 0.330 e.